The van der Waals surface area contributed by atoms with Gasteiger partial charge in [-0.1, -0.05) is 12.1 Å². The highest BCUT2D eigenvalue weighted by molar-refractivity contribution is 5.88. The number of rotatable bonds is 5. The minimum Gasteiger partial charge on any atom is -0.356 e. The Balaban J connectivity index is 1.84. The Labute approximate surface area is 148 Å². The van der Waals surface area contributed by atoms with E-state index in [0.717, 1.165) is 48.7 Å². The van der Waals surface area contributed by atoms with Crippen LogP contribution in [-0.4, -0.2) is 40.2 Å². The highest BCUT2D eigenvalue weighted by Crippen LogP contribution is 2.30. The number of aromatic nitrogens is 3. The Morgan fingerprint density at radius 2 is 2.04 bits per heavy atom. The van der Waals surface area contributed by atoms with Crippen molar-refractivity contribution < 1.29 is 9.32 Å². The van der Waals surface area contributed by atoms with Crippen LogP contribution in [0.2, 0.25) is 0 Å². The van der Waals surface area contributed by atoms with Crippen molar-refractivity contribution in [3.05, 3.63) is 11.5 Å². The third-order valence-corrected chi connectivity index (χ3v) is 4.64. The first kappa shape index (κ1) is 17.6. The Morgan fingerprint density at radius 3 is 2.72 bits per heavy atom. The van der Waals surface area contributed by atoms with Crippen molar-refractivity contribution in [2.24, 2.45) is 5.92 Å². The molecule has 3 heterocycles. The van der Waals surface area contributed by atoms with Gasteiger partial charge in [-0.05, 0) is 39.5 Å². The highest BCUT2D eigenvalue weighted by Gasteiger charge is 2.23. The number of carbonyl (C=O) groups excluding carboxylic acids is 1. The van der Waals surface area contributed by atoms with E-state index in [-0.39, 0.29) is 11.9 Å². The number of anilines is 1. The molecule has 0 spiro atoms. The van der Waals surface area contributed by atoms with E-state index in [4.69, 9.17) is 9.51 Å². The summed E-state index contributed by atoms with van der Waals surface area (Å²) in [6.07, 6.45) is 3.17. The molecular weight excluding hydrogens is 318 g/mol. The molecule has 7 heteroatoms. The normalized spacial score (nSPS) is 16.0. The first-order valence-electron chi connectivity index (χ1n) is 9.11. The standard InChI is InChI=1S/C18H27N5O2/c1-11(2)19-15(24)6-5-14-20-17(23-9-7-12(3)8-10-23)16-13(4)22-25-18(16)21-14/h11-12H,5-10H2,1-4H3,(H,19,24). The smallest absolute Gasteiger partial charge is 0.263 e. The van der Waals surface area contributed by atoms with Gasteiger partial charge in [0.2, 0.25) is 5.91 Å². The average molecular weight is 345 g/mol. The van der Waals surface area contributed by atoms with Gasteiger partial charge in [-0.25, -0.2) is 4.98 Å². The lowest BCUT2D eigenvalue weighted by Crippen LogP contribution is -2.34. The van der Waals surface area contributed by atoms with Crippen LogP contribution in [0.1, 0.15) is 51.6 Å². The summed E-state index contributed by atoms with van der Waals surface area (Å²) in [5.41, 5.74) is 1.33. The van der Waals surface area contributed by atoms with Gasteiger partial charge in [0, 0.05) is 32.0 Å². The minimum absolute atomic E-state index is 0.0146. The van der Waals surface area contributed by atoms with Crippen molar-refractivity contribution in [1.82, 2.24) is 20.4 Å². The molecule has 1 aliphatic heterocycles. The SMILES string of the molecule is Cc1noc2nc(CCC(=O)NC(C)C)nc(N3CCC(C)CC3)c12. The molecule has 2 aromatic heterocycles. The summed E-state index contributed by atoms with van der Waals surface area (Å²) in [4.78, 5) is 23.4. The van der Waals surface area contributed by atoms with Crippen molar-refractivity contribution in [2.75, 3.05) is 18.0 Å². The second-order valence-corrected chi connectivity index (χ2v) is 7.30. The summed E-state index contributed by atoms with van der Waals surface area (Å²) in [5.74, 6) is 2.29. The third-order valence-electron chi connectivity index (χ3n) is 4.64. The third kappa shape index (κ3) is 4.08. The van der Waals surface area contributed by atoms with Gasteiger partial charge in [-0.3, -0.25) is 4.79 Å². The number of nitrogens with one attached hydrogen (secondary N) is 1. The molecule has 0 atom stereocenters. The molecule has 1 N–H and O–H groups in total. The van der Waals surface area contributed by atoms with E-state index in [1.807, 2.05) is 20.8 Å². The van der Waals surface area contributed by atoms with Crippen LogP contribution in [-0.2, 0) is 11.2 Å². The van der Waals surface area contributed by atoms with E-state index in [1.54, 1.807) is 0 Å². The van der Waals surface area contributed by atoms with E-state index in [2.05, 4.69) is 27.3 Å². The number of piperidine rings is 1. The lowest BCUT2D eigenvalue weighted by atomic mass is 9.99. The predicted molar refractivity (Wildman–Crippen MR) is 96.5 cm³/mol. The number of nitrogens with zero attached hydrogens (tertiary/aromatic N) is 4. The quantitative estimate of drug-likeness (QED) is 0.897. The maximum atomic E-state index is 11.9. The summed E-state index contributed by atoms with van der Waals surface area (Å²) in [6, 6.07) is 0.138. The zero-order chi connectivity index (χ0) is 18.0. The van der Waals surface area contributed by atoms with Crippen molar-refractivity contribution in [2.45, 2.75) is 59.4 Å². The van der Waals surface area contributed by atoms with Crippen molar-refractivity contribution in [3.63, 3.8) is 0 Å². The number of hydrogen-bond donors (Lipinski definition) is 1. The second-order valence-electron chi connectivity index (χ2n) is 7.30. The van der Waals surface area contributed by atoms with Crippen molar-refractivity contribution in [1.29, 1.82) is 0 Å². The van der Waals surface area contributed by atoms with Crippen LogP contribution in [0, 0.1) is 12.8 Å². The molecule has 7 nitrogen and oxygen atoms in total. The van der Waals surface area contributed by atoms with E-state index in [9.17, 15) is 4.79 Å². The first-order chi connectivity index (χ1) is 11.9. The summed E-state index contributed by atoms with van der Waals surface area (Å²) in [6.45, 7) is 10.1. The number of amides is 1. The lowest BCUT2D eigenvalue weighted by molar-refractivity contribution is -0.121. The largest absolute Gasteiger partial charge is 0.356 e. The Hall–Kier alpha value is -2.18. The minimum atomic E-state index is 0.0146. The van der Waals surface area contributed by atoms with Gasteiger partial charge >= 0.3 is 0 Å². The van der Waals surface area contributed by atoms with Gasteiger partial charge in [0.15, 0.2) is 0 Å². The summed E-state index contributed by atoms with van der Waals surface area (Å²) in [7, 11) is 0. The van der Waals surface area contributed by atoms with Crippen molar-refractivity contribution >= 4 is 22.8 Å². The first-order valence-corrected chi connectivity index (χ1v) is 9.11. The topological polar surface area (TPSA) is 84.1 Å². The molecule has 2 aromatic rings. The van der Waals surface area contributed by atoms with Crippen LogP contribution in [0.25, 0.3) is 11.1 Å². The van der Waals surface area contributed by atoms with E-state index in [0.29, 0.717) is 24.4 Å². The van der Waals surface area contributed by atoms with E-state index in [1.165, 1.54) is 0 Å². The molecule has 0 radical (unpaired) electrons. The van der Waals surface area contributed by atoms with Gasteiger partial charge in [0.1, 0.15) is 17.0 Å². The molecule has 0 aromatic carbocycles. The van der Waals surface area contributed by atoms with Gasteiger partial charge in [0.25, 0.3) is 5.71 Å². The number of hydrogen-bond acceptors (Lipinski definition) is 6. The zero-order valence-electron chi connectivity index (χ0n) is 15.5. The molecule has 0 aliphatic carbocycles. The molecule has 0 bridgehead atoms. The predicted octanol–water partition coefficient (Wildman–Crippen LogP) is 2.62. The summed E-state index contributed by atoms with van der Waals surface area (Å²) >= 11 is 0. The number of fused-ring (bicyclic) bond motifs is 1. The number of carbonyl (C=O) groups is 1. The summed E-state index contributed by atoms with van der Waals surface area (Å²) in [5, 5.41) is 7.85. The molecular formula is C18H27N5O2. The second kappa shape index (κ2) is 7.37. The van der Waals surface area contributed by atoms with Crippen LogP contribution in [0.4, 0.5) is 5.82 Å². The fourth-order valence-electron chi connectivity index (χ4n) is 3.19. The molecule has 1 fully saturated rings. The Morgan fingerprint density at radius 1 is 1.32 bits per heavy atom. The zero-order valence-corrected chi connectivity index (χ0v) is 15.5. The molecule has 1 amide bonds. The van der Waals surface area contributed by atoms with Crippen LogP contribution in [0.3, 0.4) is 0 Å². The molecule has 3 rings (SSSR count). The van der Waals surface area contributed by atoms with Gasteiger partial charge in [-0.2, -0.15) is 4.98 Å². The van der Waals surface area contributed by atoms with Crippen LogP contribution >= 0.6 is 0 Å². The average Bonchev–Trinajstić information content (AvgIpc) is 2.94. The van der Waals surface area contributed by atoms with E-state index >= 15 is 0 Å². The maximum Gasteiger partial charge on any atom is 0.263 e. The van der Waals surface area contributed by atoms with Gasteiger partial charge in [-0.15, -0.1) is 0 Å². The Bertz CT molecular complexity index is 747. The van der Waals surface area contributed by atoms with Crippen LogP contribution in [0.5, 0.6) is 0 Å². The number of aryl methyl sites for hydroxylation is 2. The Kier molecular flexibility index (Phi) is 5.20. The maximum absolute atomic E-state index is 11.9. The fourth-order valence-corrected chi connectivity index (χ4v) is 3.19. The van der Waals surface area contributed by atoms with Crippen LogP contribution < -0.4 is 10.2 Å². The molecule has 1 aliphatic rings. The monoisotopic (exact) mass is 345 g/mol. The van der Waals surface area contributed by atoms with Crippen LogP contribution in [0.15, 0.2) is 4.52 Å². The van der Waals surface area contributed by atoms with Gasteiger partial charge < -0.3 is 14.7 Å². The molecule has 1 saturated heterocycles. The molecule has 25 heavy (non-hydrogen) atoms. The highest BCUT2D eigenvalue weighted by atomic mass is 16.5. The molecule has 0 unspecified atom stereocenters. The van der Waals surface area contributed by atoms with E-state index < -0.39 is 0 Å². The molecule has 136 valence electrons. The van der Waals surface area contributed by atoms with Crippen molar-refractivity contribution in [3.8, 4) is 0 Å². The fraction of sp³-hybridized carbons (Fsp3) is 0.667. The summed E-state index contributed by atoms with van der Waals surface area (Å²) < 4.78 is 5.38. The van der Waals surface area contributed by atoms with Gasteiger partial charge in [0.05, 0.1) is 5.69 Å². The molecule has 0 saturated carbocycles. The lowest BCUT2D eigenvalue weighted by Gasteiger charge is -2.31.